The minimum atomic E-state index is -0.416. The summed E-state index contributed by atoms with van der Waals surface area (Å²) in [6, 6.07) is 6.32. The van der Waals surface area contributed by atoms with Crippen molar-refractivity contribution >= 4 is 11.9 Å². The molecule has 0 spiro atoms. The maximum absolute atomic E-state index is 11.6. The molecule has 0 bridgehead atoms. The predicted octanol–water partition coefficient (Wildman–Crippen LogP) is 2.46. The molecule has 3 heteroatoms. The Labute approximate surface area is 81.0 Å². The van der Waals surface area contributed by atoms with Gasteiger partial charge in [-0.1, -0.05) is 18.2 Å². The maximum atomic E-state index is 11.6. The lowest BCUT2D eigenvalue weighted by molar-refractivity contribution is -0.110. The van der Waals surface area contributed by atoms with E-state index in [1.165, 1.54) is 18.2 Å². The van der Waals surface area contributed by atoms with Gasteiger partial charge in [0.2, 0.25) is 0 Å². The van der Waals surface area contributed by atoms with Crippen molar-refractivity contribution in [3.63, 3.8) is 0 Å². The van der Waals surface area contributed by atoms with Crippen LogP contribution in [0.5, 0.6) is 5.75 Å². The molecule has 0 saturated carbocycles. The zero-order valence-electron chi connectivity index (χ0n) is 7.35. The summed E-state index contributed by atoms with van der Waals surface area (Å²) in [5.41, 5.74) is 0.767. The van der Waals surface area contributed by atoms with E-state index in [1.54, 1.807) is 18.2 Å². The second-order valence-electron chi connectivity index (χ2n) is 2.62. The number of rotatable bonds is 3. The van der Waals surface area contributed by atoms with Crippen LogP contribution in [0.1, 0.15) is 5.56 Å². The molecule has 2 nitrogen and oxygen atoms in total. The maximum Gasteiger partial charge on any atom is 0.180 e. The minimum absolute atomic E-state index is 0.164. The van der Waals surface area contributed by atoms with Crippen LogP contribution in [0.4, 0.5) is 4.39 Å². The van der Waals surface area contributed by atoms with Gasteiger partial charge in [-0.15, -0.1) is 0 Å². The van der Waals surface area contributed by atoms with Crippen molar-refractivity contribution in [2.75, 3.05) is 0 Å². The highest BCUT2D eigenvalue weighted by atomic mass is 19.1. The number of aromatic hydroxyl groups is 1. The van der Waals surface area contributed by atoms with Crippen molar-refractivity contribution in [2.45, 2.75) is 0 Å². The van der Waals surface area contributed by atoms with Crippen molar-refractivity contribution in [3.8, 4) is 5.75 Å². The normalized spacial score (nSPS) is 11.2. The summed E-state index contributed by atoms with van der Waals surface area (Å²) in [4.78, 5) is 10.8. The van der Waals surface area contributed by atoms with Crippen molar-refractivity contribution in [1.82, 2.24) is 0 Å². The fraction of sp³-hybridized carbons (Fsp3) is 0. The molecule has 0 unspecified atom stereocenters. The third-order valence-corrected chi connectivity index (χ3v) is 1.56. The van der Waals surface area contributed by atoms with E-state index in [4.69, 9.17) is 5.11 Å². The molecule has 0 atom stereocenters. The molecule has 1 N–H and O–H groups in total. The van der Waals surface area contributed by atoms with Gasteiger partial charge < -0.3 is 5.11 Å². The fourth-order valence-corrected chi connectivity index (χ4v) is 0.881. The number of phenols is 1. The van der Waals surface area contributed by atoms with E-state index in [1.807, 2.05) is 0 Å². The lowest BCUT2D eigenvalue weighted by Crippen LogP contribution is -1.83. The molecule has 0 radical (unpaired) electrons. The molecule has 0 aliphatic rings. The first-order valence-corrected chi connectivity index (χ1v) is 4.00. The number of carbonyl (C=O) groups excluding carboxylic acids is 1. The summed E-state index contributed by atoms with van der Waals surface area (Å²) in [5, 5.41) is 8.97. The highest BCUT2D eigenvalue weighted by Crippen LogP contribution is 2.10. The number of hydrogen-bond donors (Lipinski definition) is 1. The van der Waals surface area contributed by atoms with Gasteiger partial charge in [-0.3, -0.25) is 4.79 Å². The molecule has 14 heavy (non-hydrogen) atoms. The van der Waals surface area contributed by atoms with Gasteiger partial charge in [0, 0.05) is 6.08 Å². The third kappa shape index (κ3) is 3.23. The van der Waals surface area contributed by atoms with Gasteiger partial charge in [-0.2, -0.15) is 0 Å². The molecule has 0 aliphatic carbocycles. The number of allylic oxidation sites excluding steroid dienone is 2. The summed E-state index contributed by atoms with van der Waals surface area (Å²) < 4.78 is 11.6. The van der Waals surface area contributed by atoms with Crippen LogP contribution in [-0.4, -0.2) is 10.9 Å². The molecular formula is C11H9FO2. The fourth-order valence-electron chi connectivity index (χ4n) is 0.881. The molecular weight excluding hydrogens is 183 g/mol. The van der Waals surface area contributed by atoms with Crippen molar-refractivity contribution in [2.24, 2.45) is 0 Å². The number of ketones is 1. The van der Waals surface area contributed by atoms with Gasteiger partial charge >= 0.3 is 0 Å². The Kier molecular flexibility index (Phi) is 3.61. The smallest absolute Gasteiger partial charge is 0.180 e. The Balaban J connectivity index is 2.69. The van der Waals surface area contributed by atoms with Gasteiger partial charge in [0.05, 0.1) is 6.33 Å². The van der Waals surface area contributed by atoms with E-state index in [2.05, 4.69) is 0 Å². The third-order valence-electron chi connectivity index (χ3n) is 1.56. The lowest BCUT2D eigenvalue weighted by atomic mass is 10.2. The first kappa shape index (κ1) is 10.2. The summed E-state index contributed by atoms with van der Waals surface area (Å²) >= 11 is 0. The van der Waals surface area contributed by atoms with E-state index in [0.29, 0.717) is 0 Å². The lowest BCUT2D eigenvalue weighted by Gasteiger charge is -1.92. The number of hydrogen-bond acceptors (Lipinski definition) is 2. The number of benzene rings is 1. The van der Waals surface area contributed by atoms with Crippen LogP contribution in [0.25, 0.3) is 6.08 Å². The van der Waals surface area contributed by atoms with E-state index in [-0.39, 0.29) is 12.1 Å². The standard InChI is InChI=1S/C11H9FO2/c12-8-7-11(14)6-3-9-1-4-10(13)5-2-9/h1-8,13H. The van der Waals surface area contributed by atoms with Crippen LogP contribution >= 0.6 is 0 Å². The highest BCUT2D eigenvalue weighted by molar-refractivity contribution is 6.01. The average molecular weight is 192 g/mol. The second kappa shape index (κ2) is 4.97. The van der Waals surface area contributed by atoms with E-state index >= 15 is 0 Å². The average Bonchev–Trinajstić information content (AvgIpc) is 2.17. The summed E-state index contributed by atoms with van der Waals surface area (Å²) in [6.07, 6.45) is 3.82. The number of halogens is 1. The van der Waals surface area contributed by atoms with Crippen LogP contribution in [0.2, 0.25) is 0 Å². The van der Waals surface area contributed by atoms with E-state index in [0.717, 1.165) is 11.6 Å². The Morgan fingerprint density at radius 1 is 1.21 bits per heavy atom. The Morgan fingerprint density at radius 2 is 1.86 bits per heavy atom. The Bertz CT molecular complexity index is 363. The van der Waals surface area contributed by atoms with Crippen molar-refractivity contribution < 1.29 is 14.3 Å². The van der Waals surface area contributed by atoms with Gasteiger partial charge in [0.15, 0.2) is 5.78 Å². The van der Waals surface area contributed by atoms with Crippen molar-refractivity contribution in [3.05, 3.63) is 48.3 Å². The molecule has 0 saturated heterocycles. The topological polar surface area (TPSA) is 37.3 Å². The molecule has 0 aliphatic heterocycles. The monoisotopic (exact) mass is 192 g/mol. The SMILES string of the molecule is O=C(C=CF)C=Cc1ccc(O)cc1. The van der Waals surface area contributed by atoms with Crippen LogP contribution in [0, 0.1) is 0 Å². The van der Waals surface area contributed by atoms with E-state index < -0.39 is 5.78 Å². The number of carbonyl (C=O) groups is 1. The molecule has 0 heterocycles. The summed E-state index contributed by atoms with van der Waals surface area (Å²) in [6.45, 7) is 0. The highest BCUT2D eigenvalue weighted by Gasteiger charge is 1.90. The Hall–Kier alpha value is -1.90. The van der Waals surface area contributed by atoms with Gasteiger partial charge in [0.25, 0.3) is 0 Å². The molecule has 0 fully saturated rings. The second-order valence-corrected chi connectivity index (χ2v) is 2.62. The largest absolute Gasteiger partial charge is 0.508 e. The minimum Gasteiger partial charge on any atom is -0.508 e. The van der Waals surface area contributed by atoms with Gasteiger partial charge in [0.1, 0.15) is 5.75 Å². The van der Waals surface area contributed by atoms with Crippen LogP contribution in [0.15, 0.2) is 42.7 Å². The molecule has 1 aromatic rings. The molecule has 1 aromatic carbocycles. The molecule has 1 rings (SSSR count). The Morgan fingerprint density at radius 3 is 2.43 bits per heavy atom. The first-order valence-electron chi connectivity index (χ1n) is 4.00. The van der Waals surface area contributed by atoms with Crippen LogP contribution < -0.4 is 0 Å². The predicted molar refractivity (Wildman–Crippen MR) is 52.4 cm³/mol. The molecule has 72 valence electrons. The zero-order chi connectivity index (χ0) is 10.4. The molecule has 0 aromatic heterocycles. The summed E-state index contributed by atoms with van der Waals surface area (Å²) in [7, 11) is 0. The summed E-state index contributed by atoms with van der Waals surface area (Å²) in [5.74, 6) is -0.252. The first-order chi connectivity index (χ1) is 6.72. The van der Waals surface area contributed by atoms with Gasteiger partial charge in [-0.25, -0.2) is 4.39 Å². The van der Waals surface area contributed by atoms with Gasteiger partial charge in [-0.05, 0) is 23.8 Å². The molecule has 0 amide bonds. The van der Waals surface area contributed by atoms with Crippen molar-refractivity contribution in [1.29, 1.82) is 0 Å². The quantitative estimate of drug-likeness (QED) is 0.747. The van der Waals surface area contributed by atoms with Crippen LogP contribution in [0.3, 0.4) is 0 Å². The van der Waals surface area contributed by atoms with E-state index in [9.17, 15) is 9.18 Å². The van der Waals surface area contributed by atoms with Crippen LogP contribution in [-0.2, 0) is 4.79 Å². The number of phenolic OH excluding ortho intramolecular Hbond substituents is 1. The zero-order valence-corrected chi connectivity index (χ0v) is 7.35.